The fraction of sp³-hybridized carbons (Fsp3) is 0.533. The van der Waals surface area contributed by atoms with Crippen LogP contribution in [-0.4, -0.2) is 23.9 Å². The number of Topliss-reactive ketones (excluding diaryl/α,β-unsaturated/α-hetero) is 1. The van der Waals surface area contributed by atoms with E-state index in [-0.39, 0.29) is 17.8 Å². The van der Waals surface area contributed by atoms with Crippen molar-refractivity contribution in [1.82, 2.24) is 0 Å². The Bertz CT molecular complexity index is 590. The van der Waals surface area contributed by atoms with Crippen LogP contribution in [0.3, 0.4) is 0 Å². The first-order chi connectivity index (χ1) is 9.73. The minimum Gasteiger partial charge on any atom is -0.506 e. The molecule has 0 saturated carbocycles. The number of aromatic hydroxyl groups is 1. The van der Waals surface area contributed by atoms with Crippen LogP contribution in [0.2, 0.25) is 0 Å². The molecule has 0 unspecified atom stereocenters. The minimum absolute atomic E-state index is 0.152. The van der Waals surface area contributed by atoms with E-state index in [4.69, 9.17) is 4.55 Å². The summed E-state index contributed by atoms with van der Waals surface area (Å²) in [7, 11) is -4.63. The third-order valence-electron chi connectivity index (χ3n) is 3.24. The molecule has 0 atom stereocenters. The number of carbonyl (C=O) groups is 1. The van der Waals surface area contributed by atoms with Gasteiger partial charge < -0.3 is 5.11 Å². The Morgan fingerprint density at radius 2 is 1.86 bits per heavy atom. The van der Waals surface area contributed by atoms with Gasteiger partial charge in [-0.3, -0.25) is 9.35 Å². The van der Waals surface area contributed by atoms with Crippen molar-refractivity contribution in [2.24, 2.45) is 5.92 Å². The van der Waals surface area contributed by atoms with Gasteiger partial charge in [-0.25, -0.2) is 0 Å². The lowest BCUT2D eigenvalue weighted by Gasteiger charge is -2.08. The van der Waals surface area contributed by atoms with Crippen molar-refractivity contribution < 1.29 is 22.9 Å². The smallest absolute Gasteiger partial charge is 0.298 e. The van der Waals surface area contributed by atoms with Gasteiger partial charge in [-0.05, 0) is 24.5 Å². The lowest BCUT2D eigenvalue weighted by Crippen LogP contribution is -2.09. The third-order valence-corrected chi connectivity index (χ3v) is 4.18. The Kier molecular flexibility index (Phi) is 6.36. The second-order valence-corrected chi connectivity index (χ2v) is 6.90. The molecule has 0 heterocycles. The van der Waals surface area contributed by atoms with Crippen molar-refractivity contribution in [3.63, 3.8) is 0 Å². The molecule has 0 bridgehead atoms. The molecule has 0 amide bonds. The quantitative estimate of drug-likeness (QED) is 0.436. The van der Waals surface area contributed by atoms with Crippen LogP contribution in [0.1, 0.15) is 56.3 Å². The number of unbranched alkanes of at least 4 members (excludes halogenated alkanes) is 2. The molecule has 0 spiro atoms. The molecule has 0 radical (unpaired) electrons. The number of ketones is 1. The summed E-state index contributed by atoms with van der Waals surface area (Å²) in [6.45, 7) is 4.27. The van der Waals surface area contributed by atoms with Crippen molar-refractivity contribution >= 4 is 15.9 Å². The second-order valence-electron chi connectivity index (χ2n) is 5.55. The van der Waals surface area contributed by atoms with E-state index >= 15 is 0 Å². The SMILES string of the molecule is CC(C)CCCCCC(=O)c1cccc(O)c1S(=O)(=O)O. The Morgan fingerprint density at radius 3 is 2.43 bits per heavy atom. The summed E-state index contributed by atoms with van der Waals surface area (Å²) in [5.74, 6) is -0.371. The monoisotopic (exact) mass is 314 g/mol. The van der Waals surface area contributed by atoms with Gasteiger partial charge in [0.2, 0.25) is 0 Å². The van der Waals surface area contributed by atoms with Gasteiger partial charge in [0.05, 0.1) is 0 Å². The van der Waals surface area contributed by atoms with Crippen LogP contribution in [0.5, 0.6) is 5.75 Å². The standard InChI is InChI=1S/C15H22O5S/c1-11(2)7-4-3-5-9-13(16)12-8-6-10-14(17)15(12)21(18,19)20/h6,8,10-11,17H,3-5,7,9H2,1-2H3,(H,18,19,20). The van der Waals surface area contributed by atoms with Gasteiger partial charge in [-0.1, -0.05) is 39.2 Å². The van der Waals surface area contributed by atoms with E-state index in [0.717, 1.165) is 25.3 Å². The third kappa shape index (κ3) is 5.47. The first-order valence-corrected chi connectivity index (χ1v) is 8.50. The van der Waals surface area contributed by atoms with Crippen LogP contribution in [-0.2, 0) is 10.1 Å². The summed E-state index contributed by atoms with van der Waals surface area (Å²) in [6, 6.07) is 3.82. The van der Waals surface area contributed by atoms with E-state index in [0.29, 0.717) is 12.3 Å². The number of phenols is 1. The van der Waals surface area contributed by atoms with Gasteiger partial charge in [-0.2, -0.15) is 8.42 Å². The van der Waals surface area contributed by atoms with E-state index < -0.39 is 20.8 Å². The van der Waals surface area contributed by atoms with E-state index in [9.17, 15) is 18.3 Å². The molecule has 5 nitrogen and oxygen atoms in total. The largest absolute Gasteiger partial charge is 0.506 e. The molecule has 0 saturated heterocycles. The predicted molar refractivity (Wildman–Crippen MR) is 80.2 cm³/mol. The van der Waals surface area contributed by atoms with Crippen LogP contribution in [0.25, 0.3) is 0 Å². The molecular weight excluding hydrogens is 292 g/mol. The van der Waals surface area contributed by atoms with Crippen molar-refractivity contribution in [2.45, 2.75) is 50.8 Å². The number of hydrogen-bond acceptors (Lipinski definition) is 4. The lowest BCUT2D eigenvalue weighted by atomic mass is 10.0. The number of benzene rings is 1. The van der Waals surface area contributed by atoms with Crippen LogP contribution in [0.4, 0.5) is 0 Å². The summed E-state index contributed by atoms with van der Waals surface area (Å²) in [5.41, 5.74) is -0.152. The summed E-state index contributed by atoms with van der Waals surface area (Å²) in [6.07, 6.45) is 3.87. The van der Waals surface area contributed by atoms with E-state index in [1.807, 2.05) is 0 Å². The molecule has 1 rings (SSSR count). The summed E-state index contributed by atoms with van der Waals surface area (Å²) >= 11 is 0. The van der Waals surface area contributed by atoms with Gasteiger partial charge in [0.25, 0.3) is 10.1 Å². The molecule has 6 heteroatoms. The van der Waals surface area contributed by atoms with Crippen LogP contribution in [0.15, 0.2) is 23.1 Å². The van der Waals surface area contributed by atoms with Crippen LogP contribution < -0.4 is 0 Å². The van der Waals surface area contributed by atoms with Crippen molar-refractivity contribution in [3.05, 3.63) is 23.8 Å². The fourth-order valence-corrected chi connectivity index (χ4v) is 2.96. The Hall–Kier alpha value is -1.40. The Balaban J connectivity index is 2.73. The maximum absolute atomic E-state index is 12.1. The van der Waals surface area contributed by atoms with Crippen molar-refractivity contribution in [3.8, 4) is 5.75 Å². The van der Waals surface area contributed by atoms with Gasteiger partial charge in [0.1, 0.15) is 10.6 Å². The number of phenolic OH excluding ortho intramolecular Hbond substituents is 1. The Morgan fingerprint density at radius 1 is 1.19 bits per heavy atom. The second kappa shape index (κ2) is 7.56. The van der Waals surface area contributed by atoms with Gasteiger partial charge in [0.15, 0.2) is 5.78 Å². The van der Waals surface area contributed by atoms with E-state index in [1.54, 1.807) is 0 Å². The molecule has 0 aliphatic heterocycles. The molecule has 1 aromatic carbocycles. The molecule has 1 aromatic rings. The summed E-state index contributed by atoms with van der Waals surface area (Å²) in [4.78, 5) is 11.4. The maximum atomic E-state index is 12.1. The average molecular weight is 314 g/mol. The molecule has 0 aliphatic rings. The highest BCUT2D eigenvalue weighted by atomic mass is 32.2. The molecule has 0 fully saturated rings. The van der Waals surface area contributed by atoms with E-state index in [1.165, 1.54) is 12.1 Å². The first-order valence-electron chi connectivity index (χ1n) is 7.06. The topological polar surface area (TPSA) is 91.7 Å². The maximum Gasteiger partial charge on any atom is 0.298 e. The fourth-order valence-electron chi connectivity index (χ4n) is 2.17. The molecular formula is C15H22O5S. The van der Waals surface area contributed by atoms with Crippen molar-refractivity contribution in [2.75, 3.05) is 0 Å². The minimum atomic E-state index is -4.63. The highest BCUT2D eigenvalue weighted by Crippen LogP contribution is 2.27. The molecule has 118 valence electrons. The zero-order chi connectivity index (χ0) is 16.0. The first kappa shape index (κ1) is 17.7. The van der Waals surface area contributed by atoms with Gasteiger partial charge in [0, 0.05) is 12.0 Å². The van der Waals surface area contributed by atoms with Crippen LogP contribution in [0, 0.1) is 5.92 Å². The molecule has 0 aliphatic carbocycles. The summed E-state index contributed by atoms with van der Waals surface area (Å²) < 4.78 is 31.7. The van der Waals surface area contributed by atoms with Gasteiger partial charge in [-0.15, -0.1) is 0 Å². The van der Waals surface area contributed by atoms with Gasteiger partial charge >= 0.3 is 0 Å². The predicted octanol–water partition coefficient (Wildman–Crippen LogP) is 3.43. The number of rotatable bonds is 8. The highest BCUT2D eigenvalue weighted by Gasteiger charge is 2.23. The molecule has 2 N–H and O–H groups in total. The zero-order valence-corrected chi connectivity index (χ0v) is 13.2. The highest BCUT2D eigenvalue weighted by molar-refractivity contribution is 7.86. The van der Waals surface area contributed by atoms with Crippen molar-refractivity contribution in [1.29, 1.82) is 0 Å². The summed E-state index contributed by atoms with van der Waals surface area (Å²) in [5, 5.41) is 9.56. The lowest BCUT2D eigenvalue weighted by molar-refractivity contribution is 0.0974. The average Bonchev–Trinajstić information content (AvgIpc) is 2.35. The molecule has 0 aromatic heterocycles. The zero-order valence-electron chi connectivity index (χ0n) is 12.4. The molecule has 21 heavy (non-hydrogen) atoms. The van der Waals surface area contributed by atoms with E-state index in [2.05, 4.69) is 13.8 Å². The number of hydrogen-bond donors (Lipinski definition) is 2. The number of carbonyl (C=O) groups excluding carboxylic acids is 1. The Labute approximate surface area is 125 Å². The normalized spacial score (nSPS) is 11.8. The van der Waals surface area contributed by atoms with Crippen LogP contribution >= 0.6 is 0 Å².